The summed E-state index contributed by atoms with van der Waals surface area (Å²) >= 11 is 0. The number of allylic oxidation sites excluding steroid dienone is 7. The Labute approximate surface area is 371 Å². The molecule has 0 fully saturated rings. The zero-order chi connectivity index (χ0) is 42.0. The molecule has 9 aromatic rings. The molecule has 300 valence electrons. The minimum absolute atomic E-state index is 0.172. The molecule has 0 amide bonds. The average Bonchev–Trinajstić information content (AvgIpc) is 3.37. The van der Waals surface area contributed by atoms with Crippen LogP contribution in [0.1, 0.15) is 36.3 Å². The molecule has 0 aromatic heterocycles. The number of nitrogens with zero attached hydrogens (tertiary/aromatic N) is 1. The molecule has 63 heavy (non-hydrogen) atoms. The second-order valence-corrected chi connectivity index (χ2v) is 16.7. The van der Waals surface area contributed by atoms with E-state index in [4.69, 9.17) is 0 Å². The van der Waals surface area contributed by atoms with Gasteiger partial charge in [0, 0.05) is 23.0 Å². The maximum Gasteiger partial charge on any atom is 0.0461 e. The van der Waals surface area contributed by atoms with Gasteiger partial charge in [0.05, 0.1) is 0 Å². The third-order valence-electron chi connectivity index (χ3n) is 12.9. The molecule has 0 saturated heterocycles. The molecule has 0 radical (unpaired) electrons. The largest absolute Gasteiger partial charge is 0.311 e. The monoisotopic (exact) mass is 805 g/mol. The summed E-state index contributed by atoms with van der Waals surface area (Å²) < 4.78 is 0. The molecule has 0 bridgehead atoms. The smallest absolute Gasteiger partial charge is 0.0461 e. The third-order valence-corrected chi connectivity index (χ3v) is 12.9. The van der Waals surface area contributed by atoms with Crippen molar-refractivity contribution < 1.29 is 0 Å². The summed E-state index contributed by atoms with van der Waals surface area (Å²) in [4.78, 5) is 2.45. The van der Waals surface area contributed by atoms with Crippen LogP contribution in [-0.2, 0) is 0 Å². The summed E-state index contributed by atoms with van der Waals surface area (Å²) in [6.45, 7) is 0. The van der Waals surface area contributed by atoms with Gasteiger partial charge in [-0.15, -0.1) is 0 Å². The third kappa shape index (κ3) is 7.43. The normalized spacial score (nSPS) is 14.7. The van der Waals surface area contributed by atoms with Crippen molar-refractivity contribution in [3.05, 3.63) is 260 Å². The lowest BCUT2D eigenvalue weighted by Crippen LogP contribution is -2.18. The van der Waals surface area contributed by atoms with Gasteiger partial charge in [-0.05, 0) is 138 Å². The van der Waals surface area contributed by atoms with Crippen molar-refractivity contribution in [2.75, 3.05) is 4.90 Å². The van der Waals surface area contributed by atoms with Crippen molar-refractivity contribution >= 4 is 38.5 Å². The van der Waals surface area contributed by atoms with E-state index in [9.17, 15) is 0 Å². The first kappa shape index (κ1) is 38.2. The molecule has 2 aliphatic carbocycles. The van der Waals surface area contributed by atoms with E-state index in [1.54, 1.807) is 0 Å². The number of anilines is 2. The number of hydrogen-bond acceptors (Lipinski definition) is 1. The van der Waals surface area contributed by atoms with Crippen LogP contribution < -0.4 is 4.90 Å². The predicted molar refractivity (Wildman–Crippen MR) is 269 cm³/mol. The van der Waals surface area contributed by atoms with E-state index >= 15 is 0 Å². The van der Waals surface area contributed by atoms with Crippen LogP contribution in [-0.4, -0.2) is 0 Å². The summed E-state index contributed by atoms with van der Waals surface area (Å²) in [5.41, 5.74) is 17.4. The summed E-state index contributed by atoms with van der Waals surface area (Å²) in [5, 5.41) is 5.32. The Balaban J connectivity index is 1.04. The minimum Gasteiger partial charge on any atom is -0.311 e. The van der Waals surface area contributed by atoms with Gasteiger partial charge in [-0.2, -0.15) is 0 Å². The van der Waals surface area contributed by atoms with Crippen molar-refractivity contribution in [2.45, 2.75) is 25.2 Å². The molecule has 2 aliphatic rings. The number of hydrogen-bond donors (Lipinski definition) is 0. The lowest BCUT2D eigenvalue weighted by molar-refractivity contribution is 0.842. The maximum absolute atomic E-state index is 2.53. The van der Waals surface area contributed by atoms with Crippen LogP contribution in [0, 0.1) is 0 Å². The fourth-order valence-corrected chi connectivity index (χ4v) is 9.86. The molecular weight excluding hydrogens is 759 g/mol. The van der Waals surface area contributed by atoms with Crippen LogP contribution in [0.4, 0.5) is 11.4 Å². The van der Waals surface area contributed by atoms with E-state index in [2.05, 4.69) is 248 Å². The molecule has 0 spiro atoms. The Morgan fingerprint density at radius 1 is 0.413 bits per heavy atom. The van der Waals surface area contributed by atoms with Crippen molar-refractivity contribution in [2.24, 2.45) is 0 Å². The van der Waals surface area contributed by atoms with E-state index in [0.717, 1.165) is 30.6 Å². The fourth-order valence-electron chi connectivity index (χ4n) is 9.86. The molecule has 11 rings (SSSR count). The first-order chi connectivity index (χ1) is 31.3. The van der Waals surface area contributed by atoms with Crippen LogP contribution in [0.2, 0.25) is 0 Å². The lowest BCUT2D eigenvalue weighted by Gasteiger charge is -2.31. The first-order valence-electron chi connectivity index (χ1n) is 22.3. The number of fused-ring (bicyclic) bond motifs is 3. The summed E-state index contributed by atoms with van der Waals surface area (Å²) in [6, 6.07) is 75.3. The van der Waals surface area contributed by atoms with Crippen LogP contribution in [0.15, 0.2) is 248 Å². The lowest BCUT2D eigenvalue weighted by atomic mass is 9.78. The molecule has 1 heteroatoms. The fraction of sp³-hybridized carbons (Fsp3) is 0.0645. The van der Waals surface area contributed by atoms with Gasteiger partial charge in [-0.3, -0.25) is 0 Å². The first-order valence-corrected chi connectivity index (χ1v) is 22.3. The highest BCUT2D eigenvalue weighted by Gasteiger charge is 2.26. The Kier molecular flexibility index (Phi) is 10.3. The zero-order valence-corrected chi connectivity index (χ0v) is 35.2. The van der Waals surface area contributed by atoms with Crippen LogP contribution >= 0.6 is 0 Å². The van der Waals surface area contributed by atoms with E-state index in [1.807, 2.05) is 0 Å². The predicted octanol–water partition coefficient (Wildman–Crippen LogP) is 17.2. The average molecular weight is 806 g/mol. The molecule has 1 atom stereocenters. The summed E-state index contributed by atoms with van der Waals surface area (Å²) in [6.07, 6.45) is 17.2. The zero-order valence-electron chi connectivity index (χ0n) is 35.2. The van der Waals surface area contributed by atoms with E-state index in [-0.39, 0.29) is 5.92 Å². The molecule has 0 saturated carbocycles. The van der Waals surface area contributed by atoms with Crippen LogP contribution in [0.5, 0.6) is 0 Å². The van der Waals surface area contributed by atoms with E-state index in [1.165, 1.54) is 88.4 Å². The van der Waals surface area contributed by atoms with Crippen molar-refractivity contribution in [1.29, 1.82) is 0 Å². The highest BCUT2D eigenvalue weighted by molar-refractivity contribution is 6.14. The topological polar surface area (TPSA) is 3.24 Å². The number of benzene rings is 9. The standard InChI is InChI=1S/C62H47N/c1-5-18-44(19-6-1)45-32-37-52(38-33-45)63(53-39-34-46(35-40-53)50-36-41-55(47-20-7-2-8-21-47)60(43-50)48-22-9-3-10-23-48)54-27-17-26-51(42-54)62-59-31-16-14-29-57(59)56-28-13-15-30-58(56)61(62)49-24-11-4-12-25-49/h1-11,13-24,27-43,51H,12,25-26H2. The van der Waals surface area contributed by atoms with Gasteiger partial charge >= 0.3 is 0 Å². The molecular formula is C62H47N. The van der Waals surface area contributed by atoms with Gasteiger partial charge in [0.1, 0.15) is 0 Å². The summed E-state index contributed by atoms with van der Waals surface area (Å²) in [7, 11) is 0. The molecule has 1 unspecified atom stereocenters. The van der Waals surface area contributed by atoms with Crippen LogP contribution in [0.3, 0.4) is 0 Å². The van der Waals surface area contributed by atoms with Crippen molar-refractivity contribution in [3.8, 4) is 44.5 Å². The van der Waals surface area contributed by atoms with Gasteiger partial charge in [-0.1, -0.05) is 206 Å². The Morgan fingerprint density at radius 2 is 0.921 bits per heavy atom. The van der Waals surface area contributed by atoms with E-state index in [0.29, 0.717) is 0 Å². The van der Waals surface area contributed by atoms with Crippen molar-refractivity contribution in [1.82, 2.24) is 0 Å². The highest BCUT2D eigenvalue weighted by Crippen LogP contribution is 2.46. The quantitative estimate of drug-likeness (QED) is 0.131. The molecule has 0 N–H and O–H groups in total. The summed E-state index contributed by atoms with van der Waals surface area (Å²) in [5.74, 6) is 0.172. The second kappa shape index (κ2) is 17.0. The Bertz CT molecular complexity index is 3210. The maximum atomic E-state index is 2.53. The Hall–Kier alpha value is -7.74. The van der Waals surface area contributed by atoms with Gasteiger partial charge in [0.15, 0.2) is 0 Å². The molecule has 1 nitrogen and oxygen atoms in total. The minimum atomic E-state index is 0.172. The van der Waals surface area contributed by atoms with Crippen molar-refractivity contribution in [3.63, 3.8) is 0 Å². The Morgan fingerprint density at radius 3 is 1.54 bits per heavy atom. The van der Waals surface area contributed by atoms with Gasteiger partial charge < -0.3 is 4.90 Å². The van der Waals surface area contributed by atoms with Gasteiger partial charge in [0.25, 0.3) is 0 Å². The SMILES string of the molecule is C1=CCCC(c2c(C3C=C(N(c4ccc(-c5ccccc5)cc4)c4ccc(-c5ccc(-c6ccccc6)c(-c6ccccc6)c5)cc4)C=CC3)c3ccccc3c3ccccc23)=C1. The van der Waals surface area contributed by atoms with E-state index < -0.39 is 0 Å². The molecule has 0 aliphatic heterocycles. The molecule has 0 heterocycles. The highest BCUT2D eigenvalue weighted by atomic mass is 15.1. The number of rotatable bonds is 9. The second-order valence-electron chi connectivity index (χ2n) is 16.7. The van der Waals surface area contributed by atoms with Gasteiger partial charge in [0.2, 0.25) is 0 Å². The van der Waals surface area contributed by atoms with Crippen LogP contribution in [0.25, 0.3) is 71.6 Å². The van der Waals surface area contributed by atoms with Gasteiger partial charge in [-0.25, -0.2) is 0 Å². The molecule has 9 aromatic carbocycles.